The fraction of sp³-hybridized carbons (Fsp3) is 0.556. The van der Waals surface area contributed by atoms with Gasteiger partial charge in [-0.3, -0.25) is 10.3 Å². The topological polar surface area (TPSA) is 48.9 Å². The van der Waals surface area contributed by atoms with E-state index in [0.29, 0.717) is 5.11 Å². The number of ether oxygens (including phenoxy) is 1. The highest BCUT2D eigenvalue weighted by Crippen LogP contribution is 2.13. The number of hydrogen-bond acceptors (Lipinski definition) is 4. The van der Waals surface area contributed by atoms with Crippen molar-refractivity contribution in [1.29, 1.82) is 0 Å². The molecule has 1 aliphatic rings. The highest BCUT2D eigenvalue weighted by molar-refractivity contribution is 7.80. The van der Waals surface area contributed by atoms with Gasteiger partial charge in [-0.2, -0.15) is 5.10 Å². The van der Waals surface area contributed by atoms with Crippen molar-refractivity contribution in [3.63, 3.8) is 0 Å². The molecule has 0 unspecified atom stereocenters. The molecule has 0 bridgehead atoms. The number of benzene rings is 1. The number of hydrazone groups is 1. The second-order valence-electron chi connectivity index (χ2n) is 6.25. The Bertz CT molecular complexity index is 559. The SMILES string of the molecule is Cc1cc(C)c(/C=N\NC(=S)NCCCN2CCOCC2)c(C)c1. The van der Waals surface area contributed by atoms with Crippen LogP contribution in [0, 0.1) is 20.8 Å². The van der Waals surface area contributed by atoms with Crippen LogP contribution in [0.4, 0.5) is 0 Å². The minimum Gasteiger partial charge on any atom is -0.379 e. The number of nitrogens with one attached hydrogen (secondary N) is 2. The lowest BCUT2D eigenvalue weighted by molar-refractivity contribution is 0.0376. The third kappa shape index (κ3) is 6.19. The van der Waals surface area contributed by atoms with Gasteiger partial charge in [0.15, 0.2) is 5.11 Å². The standard InChI is InChI=1S/C18H28N4OS/c1-14-11-15(2)17(16(3)12-14)13-20-21-18(24)19-5-4-6-22-7-9-23-10-8-22/h11-13H,4-10H2,1-3H3,(H2,19,21,24)/b20-13-. The average molecular weight is 349 g/mol. The highest BCUT2D eigenvalue weighted by atomic mass is 32.1. The molecule has 0 aliphatic carbocycles. The van der Waals surface area contributed by atoms with Crippen LogP contribution < -0.4 is 10.7 Å². The summed E-state index contributed by atoms with van der Waals surface area (Å²) in [6.45, 7) is 12.0. The molecule has 0 radical (unpaired) electrons. The van der Waals surface area contributed by atoms with Crippen molar-refractivity contribution in [3.8, 4) is 0 Å². The first-order chi connectivity index (χ1) is 11.6. The molecule has 0 saturated carbocycles. The van der Waals surface area contributed by atoms with Gasteiger partial charge in [0.2, 0.25) is 0 Å². The quantitative estimate of drug-likeness (QED) is 0.357. The van der Waals surface area contributed by atoms with Crippen LogP contribution in [0.5, 0.6) is 0 Å². The summed E-state index contributed by atoms with van der Waals surface area (Å²) in [5.74, 6) is 0. The van der Waals surface area contributed by atoms with E-state index >= 15 is 0 Å². The van der Waals surface area contributed by atoms with Crippen LogP contribution in [0.2, 0.25) is 0 Å². The van der Waals surface area contributed by atoms with Crippen LogP contribution in [0.1, 0.15) is 28.7 Å². The van der Waals surface area contributed by atoms with Crippen LogP contribution in [0.3, 0.4) is 0 Å². The molecule has 2 N–H and O–H groups in total. The fourth-order valence-corrected chi connectivity index (χ4v) is 3.07. The maximum atomic E-state index is 5.34. The first-order valence-corrected chi connectivity index (χ1v) is 8.92. The van der Waals surface area contributed by atoms with E-state index in [2.05, 4.69) is 53.6 Å². The zero-order valence-corrected chi connectivity index (χ0v) is 15.7. The Morgan fingerprint density at radius 1 is 1.25 bits per heavy atom. The molecule has 5 nitrogen and oxygen atoms in total. The molecule has 0 aromatic heterocycles. The lowest BCUT2D eigenvalue weighted by Crippen LogP contribution is -2.39. The Balaban J connectivity index is 1.67. The lowest BCUT2D eigenvalue weighted by Gasteiger charge is -2.26. The molecule has 1 heterocycles. The third-order valence-corrected chi connectivity index (χ3v) is 4.37. The molecule has 0 amide bonds. The molecular formula is C18H28N4OS. The van der Waals surface area contributed by atoms with Crippen LogP contribution >= 0.6 is 12.2 Å². The summed E-state index contributed by atoms with van der Waals surface area (Å²) in [6.07, 6.45) is 2.90. The minimum absolute atomic E-state index is 0.565. The Kier molecular flexibility index (Phi) is 7.62. The molecule has 6 heteroatoms. The van der Waals surface area contributed by atoms with E-state index in [1.165, 1.54) is 16.7 Å². The van der Waals surface area contributed by atoms with Crippen LogP contribution in [0.25, 0.3) is 0 Å². The zero-order chi connectivity index (χ0) is 17.4. The van der Waals surface area contributed by atoms with E-state index in [-0.39, 0.29) is 0 Å². The number of hydrogen-bond donors (Lipinski definition) is 2. The van der Waals surface area contributed by atoms with Crippen molar-refractivity contribution in [3.05, 3.63) is 34.4 Å². The van der Waals surface area contributed by atoms with Crippen molar-refractivity contribution in [2.24, 2.45) is 5.10 Å². The monoisotopic (exact) mass is 348 g/mol. The summed E-state index contributed by atoms with van der Waals surface area (Å²) < 4.78 is 5.34. The van der Waals surface area contributed by atoms with Gasteiger partial charge in [-0.15, -0.1) is 0 Å². The maximum absolute atomic E-state index is 5.34. The highest BCUT2D eigenvalue weighted by Gasteiger charge is 2.09. The molecule has 2 rings (SSSR count). The van der Waals surface area contributed by atoms with E-state index in [4.69, 9.17) is 17.0 Å². The van der Waals surface area contributed by atoms with Crippen LogP contribution in [-0.4, -0.2) is 55.6 Å². The second-order valence-corrected chi connectivity index (χ2v) is 6.65. The van der Waals surface area contributed by atoms with E-state index < -0.39 is 0 Å². The van der Waals surface area contributed by atoms with Gasteiger partial charge in [-0.1, -0.05) is 17.7 Å². The summed E-state index contributed by atoms with van der Waals surface area (Å²) >= 11 is 5.26. The van der Waals surface area contributed by atoms with Gasteiger partial charge in [0, 0.05) is 25.2 Å². The molecular weight excluding hydrogens is 320 g/mol. The number of aryl methyl sites for hydroxylation is 3. The molecule has 1 fully saturated rings. The molecule has 1 aromatic carbocycles. The van der Waals surface area contributed by atoms with Crippen molar-refractivity contribution < 1.29 is 4.74 Å². The van der Waals surface area contributed by atoms with Gasteiger partial charge in [0.1, 0.15) is 0 Å². The third-order valence-electron chi connectivity index (χ3n) is 4.14. The van der Waals surface area contributed by atoms with E-state index in [1.54, 1.807) is 0 Å². The lowest BCUT2D eigenvalue weighted by atomic mass is 10.0. The molecule has 0 atom stereocenters. The molecule has 1 aliphatic heterocycles. The van der Waals surface area contributed by atoms with Crippen LogP contribution in [-0.2, 0) is 4.74 Å². The average Bonchev–Trinajstić information content (AvgIpc) is 2.55. The normalized spacial score (nSPS) is 15.6. The van der Waals surface area contributed by atoms with Crippen molar-refractivity contribution in [1.82, 2.24) is 15.6 Å². The van der Waals surface area contributed by atoms with Gasteiger partial charge in [0.25, 0.3) is 0 Å². The van der Waals surface area contributed by atoms with Gasteiger partial charge < -0.3 is 10.1 Å². The summed E-state index contributed by atoms with van der Waals surface area (Å²) in [6, 6.07) is 4.33. The Labute approximate surface area is 150 Å². The first-order valence-electron chi connectivity index (χ1n) is 8.51. The number of nitrogens with zero attached hydrogens (tertiary/aromatic N) is 2. The number of rotatable bonds is 6. The van der Waals surface area contributed by atoms with Gasteiger partial charge in [-0.05, 0) is 57.1 Å². The van der Waals surface area contributed by atoms with Gasteiger partial charge in [0.05, 0.1) is 19.4 Å². The maximum Gasteiger partial charge on any atom is 0.186 e. The minimum atomic E-state index is 0.565. The molecule has 0 spiro atoms. The summed E-state index contributed by atoms with van der Waals surface area (Å²) in [4.78, 5) is 2.42. The first kappa shape index (κ1) is 18.8. The predicted octanol–water partition coefficient (Wildman–Crippen LogP) is 2.13. The Hall–Kier alpha value is -1.50. The predicted molar refractivity (Wildman–Crippen MR) is 104 cm³/mol. The molecule has 132 valence electrons. The summed E-state index contributed by atoms with van der Waals surface area (Å²) in [5.41, 5.74) is 7.76. The van der Waals surface area contributed by atoms with Gasteiger partial charge >= 0.3 is 0 Å². The molecule has 1 saturated heterocycles. The van der Waals surface area contributed by atoms with Gasteiger partial charge in [-0.25, -0.2) is 0 Å². The Morgan fingerprint density at radius 2 is 1.92 bits per heavy atom. The van der Waals surface area contributed by atoms with Crippen molar-refractivity contribution in [2.75, 3.05) is 39.4 Å². The summed E-state index contributed by atoms with van der Waals surface area (Å²) in [5, 5.41) is 8.02. The smallest absolute Gasteiger partial charge is 0.186 e. The largest absolute Gasteiger partial charge is 0.379 e. The number of thiocarbonyl (C=S) groups is 1. The van der Waals surface area contributed by atoms with Crippen molar-refractivity contribution in [2.45, 2.75) is 27.2 Å². The van der Waals surface area contributed by atoms with E-state index in [0.717, 1.165) is 51.4 Å². The van der Waals surface area contributed by atoms with E-state index in [9.17, 15) is 0 Å². The van der Waals surface area contributed by atoms with Crippen LogP contribution in [0.15, 0.2) is 17.2 Å². The Morgan fingerprint density at radius 3 is 2.58 bits per heavy atom. The summed E-state index contributed by atoms with van der Waals surface area (Å²) in [7, 11) is 0. The van der Waals surface area contributed by atoms with Crippen molar-refractivity contribution >= 4 is 23.5 Å². The second kappa shape index (κ2) is 9.71. The molecule has 24 heavy (non-hydrogen) atoms. The molecule has 1 aromatic rings. The van der Waals surface area contributed by atoms with E-state index in [1.807, 2.05) is 6.21 Å². The fourth-order valence-electron chi connectivity index (χ4n) is 2.92. The number of morpholine rings is 1. The zero-order valence-electron chi connectivity index (χ0n) is 14.9.